The van der Waals surface area contributed by atoms with Crippen molar-refractivity contribution in [1.29, 1.82) is 0 Å². The summed E-state index contributed by atoms with van der Waals surface area (Å²) in [5.74, 6) is 2.60. The van der Waals surface area contributed by atoms with Crippen LogP contribution in [-0.4, -0.2) is 18.2 Å². The van der Waals surface area contributed by atoms with Gasteiger partial charge in [-0.2, -0.15) is 0 Å². The Morgan fingerprint density at radius 3 is 2.75 bits per heavy atom. The highest BCUT2D eigenvalue weighted by Gasteiger charge is 2.24. The van der Waals surface area contributed by atoms with E-state index in [1.807, 2.05) is 0 Å². The fraction of sp³-hybridized carbons (Fsp3) is 0.769. The van der Waals surface area contributed by atoms with Gasteiger partial charge in [-0.05, 0) is 44.7 Å². The topological polar surface area (TPSA) is 38.1 Å². The Balaban J connectivity index is 1.58. The second-order valence-electron chi connectivity index (χ2n) is 5.24. The van der Waals surface area contributed by atoms with Crippen molar-refractivity contribution in [3.63, 3.8) is 0 Å². The predicted octanol–water partition coefficient (Wildman–Crippen LogP) is 2.48. The Labute approximate surface area is 96.6 Å². The van der Waals surface area contributed by atoms with Gasteiger partial charge in [-0.25, -0.2) is 0 Å². The van der Waals surface area contributed by atoms with Crippen molar-refractivity contribution in [3.8, 4) is 0 Å². The molecule has 1 N–H and O–H groups in total. The molecule has 0 spiro atoms. The third-order valence-corrected chi connectivity index (χ3v) is 4.05. The second-order valence-corrected chi connectivity index (χ2v) is 5.24. The van der Waals surface area contributed by atoms with Crippen LogP contribution in [0.5, 0.6) is 0 Å². The molecule has 0 radical (unpaired) electrons. The van der Waals surface area contributed by atoms with Crippen LogP contribution in [0.2, 0.25) is 0 Å². The first-order chi connectivity index (χ1) is 7.92. The summed E-state index contributed by atoms with van der Waals surface area (Å²) in [5.41, 5.74) is 1.20. The van der Waals surface area contributed by atoms with Gasteiger partial charge in [0, 0.05) is 18.4 Å². The van der Waals surface area contributed by atoms with Gasteiger partial charge in [-0.3, -0.25) is 0 Å². The highest BCUT2D eigenvalue weighted by atomic mass is 16.5. The minimum absolute atomic E-state index is 0.700. The average Bonchev–Trinajstić information content (AvgIpc) is 2.65. The fourth-order valence-corrected chi connectivity index (χ4v) is 2.69. The van der Waals surface area contributed by atoms with E-state index in [0.717, 1.165) is 31.2 Å². The van der Waals surface area contributed by atoms with Crippen LogP contribution in [0.3, 0.4) is 0 Å². The highest BCUT2D eigenvalue weighted by molar-refractivity contribution is 5.13. The van der Waals surface area contributed by atoms with Crippen molar-refractivity contribution in [2.75, 3.05) is 13.1 Å². The third-order valence-electron chi connectivity index (χ3n) is 4.05. The normalized spacial score (nSPS) is 23.2. The van der Waals surface area contributed by atoms with E-state index in [1.165, 1.54) is 37.8 Å². The van der Waals surface area contributed by atoms with Crippen LogP contribution in [0.15, 0.2) is 10.6 Å². The Morgan fingerprint density at radius 2 is 2.06 bits per heavy atom. The Hall–Kier alpha value is -0.830. The van der Waals surface area contributed by atoms with Gasteiger partial charge >= 0.3 is 0 Å². The number of piperidine rings is 1. The zero-order valence-corrected chi connectivity index (χ0v) is 9.74. The number of rotatable bonds is 3. The van der Waals surface area contributed by atoms with E-state index in [2.05, 4.69) is 16.5 Å². The van der Waals surface area contributed by atoms with Gasteiger partial charge in [0.1, 0.15) is 5.76 Å². The van der Waals surface area contributed by atoms with Crippen molar-refractivity contribution >= 4 is 0 Å². The Morgan fingerprint density at radius 1 is 1.25 bits per heavy atom. The second kappa shape index (κ2) is 4.58. The van der Waals surface area contributed by atoms with Crippen molar-refractivity contribution in [1.82, 2.24) is 10.5 Å². The molecular formula is C13H20N2O. The van der Waals surface area contributed by atoms with Crippen LogP contribution in [0.4, 0.5) is 0 Å². The summed E-state index contributed by atoms with van der Waals surface area (Å²) in [6.45, 7) is 2.32. The summed E-state index contributed by atoms with van der Waals surface area (Å²) in [5, 5.41) is 7.61. The lowest BCUT2D eigenvalue weighted by molar-refractivity contribution is 0.310. The Kier molecular flexibility index (Phi) is 2.96. The van der Waals surface area contributed by atoms with Gasteiger partial charge in [0.05, 0.1) is 5.69 Å². The van der Waals surface area contributed by atoms with E-state index >= 15 is 0 Å². The average molecular weight is 220 g/mol. The molecular weight excluding hydrogens is 200 g/mol. The van der Waals surface area contributed by atoms with Gasteiger partial charge in [0.25, 0.3) is 0 Å². The van der Waals surface area contributed by atoms with Gasteiger partial charge in [-0.1, -0.05) is 11.6 Å². The molecule has 2 heterocycles. The summed E-state index contributed by atoms with van der Waals surface area (Å²) >= 11 is 0. The lowest BCUT2D eigenvalue weighted by Crippen LogP contribution is -2.28. The van der Waals surface area contributed by atoms with E-state index in [-0.39, 0.29) is 0 Å². The van der Waals surface area contributed by atoms with E-state index in [1.54, 1.807) is 0 Å². The molecule has 2 aliphatic rings. The molecule has 88 valence electrons. The molecule has 1 aromatic heterocycles. The molecule has 2 fully saturated rings. The van der Waals surface area contributed by atoms with Crippen molar-refractivity contribution in [2.24, 2.45) is 5.92 Å². The van der Waals surface area contributed by atoms with Gasteiger partial charge in [0.2, 0.25) is 0 Å². The van der Waals surface area contributed by atoms with E-state index in [4.69, 9.17) is 4.52 Å². The molecule has 1 aromatic rings. The molecule has 3 heteroatoms. The molecule has 1 saturated carbocycles. The largest absolute Gasteiger partial charge is 0.361 e. The molecule has 0 atom stereocenters. The molecule has 0 unspecified atom stereocenters. The van der Waals surface area contributed by atoms with Crippen LogP contribution >= 0.6 is 0 Å². The van der Waals surface area contributed by atoms with Gasteiger partial charge in [-0.15, -0.1) is 0 Å². The summed E-state index contributed by atoms with van der Waals surface area (Å²) in [6, 6.07) is 2.20. The number of nitrogens with one attached hydrogen (secondary N) is 1. The SMILES string of the molecule is c1c(C2CCC2)noc1CC1CCNCC1. The lowest BCUT2D eigenvalue weighted by Gasteiger charge is -2.22. The summed E-state index contributed by atoms with van der Waals surface area (Å²) in [4.78, 5) is 0. The van der Waals surface area contributed by atoms with Crippen molar-refractivity contribution in [3.05, 3.63) is 17.5 Å². The highest BCUT2D eigenvalue weighted by Crippen LogP contribution is 2.36. The third kappa shape index (κ3) is 2.14. The quantitative estimate of drug-likeness (QED) is 0.850. The molecule has 1 aliphatic heterocycles. The van der Waals surface area contributed by atoms with Crippen LogP contribution < -0.4 is 5.32 Å². The summed E-state index contributed by atoms with van der Waals surface area (Å²) in [6.07, 6.45) is 7.61. The Bertz CT molecular complexity index is 337. The maximum atomic E-state index is 5.45. The van der Waals surface area contributed by atoms with E-state index in [0.29, 0.717) is 5.92 Å². The minimum Gasteiger partial charge on any atom is -0.361 e. The first-order valence-corrected chi connectivity index (χ1v) is 6.58. The maximum absolute atomic E-state index is 5.45. The van der Waals surface area contributed by atoms with Crippen LogP contribution in [0, 0.1) is 5.92 Å². The van der Waals surface area contributed by atoms with E-state index in [9.17, 15) is 0 Å². The minimum atomic E-state index is 0.700. The van der Waals surface area contributed by atoms with Crippen LogP contribution in [0.25, 0.3) is 0 Å². The lowest BCUT2D eigenvalue weighted by atomic mass is 9.83. The molecule has 3 rings (SSSR count). The molecule has 0 bridgehead atoms. The number of nitrogens with zero attached hydrogens (tertiary/aromatic N) is 1. The molecule has 16 heavy (non-hydrogen) atoms. The molecule has 1 saturated heterocycles. The monoisotopic (exact) mass is 220 g/mol. The summed E-state index contributed by atoms with van der Waals surface area (Å²) < 4.78 is 5.45. The molecule has 0 aromatic carbocycles. The van der Waals surface area contributed by atoms with Crippen LogP contribution in [-0.2, 0) is 6.42 Å². The zero-order valence-electron chi connectivity index (χ0n) is 9.74. The standard InChI is InChI=1S/C13H20N2O/c1-2-11(3-1)13-9-12(16-15-13)8-10-4-6-14-7-5-10/h9-11,14H,1-8H2. The van der Waals surface area contributed by atoms with Gasteiger partial charge in [0.15, 0.2) is 0 Å². The van der Waals surface area contributed by atoms with Crippen molar-refractivity contribution in [2.45, 2.75) is 44.4 Å². The smallest absolute Gasteiger partial charge is 0.137 e. The van der Waals surface area contributed by atoms with Gasteiger partial charge < -0.3 is 9.84 Å². The van der Waals surface area contributed by atoms with Crippen molar-refractivity contribution < 1.29 is 4.52 Å². The molecule has 3 nitrogen and oxygen atoms in total. The number of hydrogen-bond acceptors (Lipinski definition) is 3. The predicted molar refractivity (Wildman–Crippen MR) is 62.4 cm³/mol. The van der Waals surface area contributed by atoms with E-state index < -0.39 is 0 Å². The zero-order chi connectivity index (χ0) is 10.8. The molecule has 1 aliphatic carbocycles. The fourth-order valence-electron chi connectivity index (χ4n) is 2.69. The first-order valence-electron chi connectivity index (χ1n) is 6.58. The maximum Gasteiger partial charge on any atom is 0.137 e. The number of aromatic nitrogens is 1. The first kappa shape index (κ1) is 10.3. The van der Waals surface area contributed by atoms with Crippen LogP contribution in [0.1, 0.15) is 49.5 Å². The summed E-state index contributed by atoms with van der Waals surface area (Å²) in [7, 11) is 0. The number of hydrogen-bond donors (Lipinski definition) is 1. The molecule has 0 amide bonds.